The molecule has 0 saturated carbocycles. The van der Waals surface area contributed by atoms with Gasteiger partial charge in [-0.25, -0.2) is 0 Å². The second-order valence-corrected chi connectivity index (χ2v) is 2.70. The van der Waals surface area contributed by atoms with Crippen molar-refractivity contribution >= 4 is 17.3 Å². The third-order valence-electron chi connectivity index (χ3n) is 1.97. The number of nitrogens with zero attached hydrogens (tertiary/aromatic N) is 2. The molecule has 0 fully saturated rings. The fourth-order valence-electron chi connectivity index (χ4n) is 1.23. The van der Waals surface area contributed by atoms with Crippen LogP contribution in [0.4, 0.5) is 11.4 Å². The van der Waals surface area contributed by atoms with Gasteiger partial charge in [0.1, 0.15) is 0 Å². The summed E-state index contributed by atoms with van der Waals surface area (Å²) >= 11 is 0. The molecule has 0 bridgehead atoms. The van der Waals surface area contributed by atoms with E-state index in [0.29, 0.717) is 6.54 Å². The molecule has 1 aromatic rings. The van der Waals surface area contributed by atoms with Crippen molar-refractivity contribution in [1.82, 2.24) is 4.98 Å². The summed E-state index contributed by atoms with van der Waals surface area (Å²) in [6, 6.07) is 1.86. The van der Waals surface area contributed by atoms with E-state index in [9.17, 15) is 4.79 Å². The maximum absolute atomic E-state index is 11.2. The van der Waals surface area contributed by atoms with Crippen LogP contribution < -0.4 is 10.2 Å². The van der Waals surface area contributed by atoms with Crippen LogP contribution in [0.3, 0.4) is 0 Å². The van der Waals surface area contributed by atoms with Crippen LogP contribution in [0.1, 0.15) is 0 Å². The van der Waals surface area contributed by atoms with Gasteiger partial charge < -0.3 is 10.2 Å². The highest BCUT2D eigenvalue weighted by molar-refractivity contribution is 6.01. The van der Waals surface area contributed by atoms with Crippen molar-refractivity contribution in [3.8, 4) is 0 Å². The molecule has 0 atom stereocenters. The fraction of sp³-hybridized carbons (Fsp3) is 0.250. The summed E-state index contributed by atoms with van der Waals surface area (Å²) in [7, 11) is 1.75. The molecule has 1 aliphatic rings. The number of amides is 1. The van der Waals surface area contributed by atoms with Crippen LogP contribution in [-0.2, 0) is 4.79 Å². The molecule has 2 heterocycles. The highest BCUT2D eigenvalue weighted by Gasteiger charge is 2.19. The van der Waals surface area contributed by atoms with E-state index in [1.165, 1.54) is 0 Å². The molecule has 1 N–H and O–H groups in total. The van der Waals surface area contributed by atoms with E-state index in [1.54, 1.807) is 24.3 Å². The minimum absolute atomic E-state index is 0.0653. The molecule has 0 radical (unpaired) electrons. The van der Waals surface area contributed by atoms with Gasteiger partial charge in [-0.2, -0.15) is 0 Å². The van der Waals surface area contributed by atoms with E-state index in [-0.39, 0.29) is 5.91 Å². The number of carbonyl (C=O) groups excluding carboxylic acids is 1. The number of hydrogen-bond acceptors (Lipinski definition) is 3. The van der Waals surface area contributed by atoms with Crippen molar-refractivity contribution in [3.05, 3.63) is 18.5 Å². The molecule has 0 aromatic carbocycles. The van der Waals surface area contributed by atoms with E-state index in [1.807, 2.05) is 6.07 Å². The molecule has 0 saturated heterocycles. The molecular weight excluding hydrogens is 154 g/mol. The molecule has 4 heteroatoms. The molecule has 62 valence electrons. The highest BCUT2D eigenvalue weighted by Crippen LogP contribution is 2.25. The quantitative estimate of drug-likeness (QED) is 0.604. The molecule has 0 aliphatic carbocycles. The van der Waals surface area contributed by atoms with Crippen molar-refractivity contribution in [3.63, 3.8) is 0 Å². The van der Waals surface area contributed by atoms with E-state index < -0.39 is 0 Å². The van der Waals surface area contributed by atoms with Crippen LogP contribution in [0.15, 0.2) is 18.5 Å². The second kappa shape index (κ2) is 2.48. The molecule has 0 unspecified atom stereocenters. The van der Waals surface area contributed by atoms with Gasteiger partial charge in [0.2, 0.25) is 5.91 Å². The molecule has 1 amide bonds. The lowest BCUT2D eigenvalue weighted by Gasteiger charge is -2.25. The standard InChI is InChI=1S/C8H9N3O/c1-11-7-4-9-3-2-6(7)10-5-8(11)12/h2-4,10H,5H2,1H3. The van der Waals surface area contributed by atoms with Gasteiger partial charge in [-0.15, -0.1) is 0 Å². The Labute approximate surface area is 70.2 Å². The molecular formula is C8H9N3O. The summed E-state index contributed by atoms with van der Waals surface area (Å²) in [5.41, 5.74) is 1.81. The van der Waals surface area contributed by atoms with Crippen molar-refractivity contribution < 1.29 is 4.79 Å². The number of anilines is 2. The predicted molar refractivity (Wildman–Crippen MR) is 46.1 cm³/mol. The van der Waals surface area contributed by atoms with Crippen LogP contribution in [0.25, 0.3) is 0 Å². The zero-order valence-corrected chi connectivity index (χ0v) is 6.74. The summed E-state index contributed by atoms with van der Waals surface area (Å²) in [6.45, 7) is 0.369. The van der Waals surface area contributed by atoms with Gasteiger partial charge in [-0.3, -0.25) is 9.78 Å². The third-order valence-corrected chi connectivity index (χ3v) is 1.97. The number of nitrogens with one attached hydrogen (secondary N) is 1. The zero-order chi connectivity index (χ0) is 8.55. The molecule has 1 aliphatic heterocycles. The fourth-order valence-corrected chi connectivity index (χ4v) is 1.23. The Bertz CT molecular complexity index is 324. The smallest absolute Gasteiger partial charge is 0.246 e. The Balaban J connectivity index is 2.48. The van der Waals surface area contributed by atoms with Crippen molar-refractivity contribution in [2.24, 2.45) is 0 Å². The number of likely N-dealkylation sites (N-methyl/N-ethyl adjacent to an activating group) is 1. The Kier molecular flexibility index (Phi) is 1.46. The van der Waals surface area contributed by atoms with Gasteiger partial charge in [0.05, 0.1) is 24.1 Å². The lowest BCUT2D eigenvalue weighted by atomic mass is 10.2. The van der Waals surface area contributed by atoms with Gasteiger partial charge in [-0.1, -0.05) is 0 Å². The van der Waals surface area contributed by atoms with E-state index in [2.05, 4.69) is 10.3 Å². The predicted octanol–water partition coefficient (Wildman–Crippen LogP) is 0.470. The summed E-state index contributed by atoms with van der Waals surface area (Å²) in [5.74, 6) is 0.0653. The maximum Gasteiger partial charge on any atom is 0.246 e. The Morgan fingerprint density at radius 2 is 2.50 bits per heavy atom. The van der Waals surface area contributed by atoms with Crippen molar-refractivity contribution in [2.75, 3.05) is 23.8 Å². The third kappa shape index (κ3) is 0.922. The van der Waals surface area contributed by atoms with Crippen LogP contribution in [0.2, 0.25) is 0 Å². The van der Waals surface area contributed by atoms with E-state index in [4.69, 9.17) is 0 Å². The van der Waals surface area contributed by atoms with Crippen molar-refractivity contribution in [2.45, 2.75) is 0 Å². The monoisotopic (exact) mass is 163 g/mol. The first kappa shape index (κ1) is 7.09. The largest absolute Gasteiger partial charge is 0.374 e. The number of fused-ring (bicyclic) bond motifs is 1. The number of hydrogen-bond donors (Lipinski definition) is 1. The summed E-state index contributed by atoms with van der Waals surface area (Å²) < 4.78 is 0. The van der Waals surface area contributed by atoms with E-state index in [0.717, 1.165) is 11.4 Å². The first-order chi connectivity index (χ1) is 5.79. The Morgan fingerprint density at radius 3 is 3.33 bits per heavy atom. The summed E-state index contributed by atoms with van der Waals surface area (Å²) in [5, 5.41) is 3.01. The topological polar surface area (TPSA) is 45.2 Å². The minimum atomic E-state index is 0.0653. The van der Waals surface area contributed by atoms with Crippen molar-refractivity contribution in [1.29, 1.82) is 0 Å². The SMILES string of the molecule is CN1C(=O)CNc2ccncc21. The van der Waals surface area contributed by atoms with Crippen LogP contribution >= 0.6 is 0 Å². The average Bonchev–Trinajstić information content (AvgIpc) is 2.12. The lowest BCUT2D eigenvalue weighted by molar-refractivity contribution is -0.116. The van der Waals surface area contributed by atoms with Gasteiger partial charge in [0, 0.05) is 13.2 Å². The van der Waals surface area contributed by atoms with E-state index >= 15 is 0 Å². The first-order valence-electron chi connectivity index (χ1n) is 3.73. The van der Waals surface area contributed by atoms with Crippen LogP contribution in [0, 0.1) is 0 Å². The second-order valence-electron chi connectivity index (χ2n) is 2.70. The molecule has 2 rings (SSSR count). The number of pyridine rings is 1. The number of rotatable bonds is 0. The van der Waals surface area contributed by atoms with Gasteiger partial charge in [0.15, 0.2) is 0 Å². The van der Waals surface area contributed by atoms with Gasteiger partial charge in [0.25, 0.3) is 0 Å². The summed E-state index contributed by atoms with van der Waals surface area (Å²) in [4.78, 5) is 16.8. The maximum atomic E-state index is 11.2. The number of carbonyl (C=O) groups is 1. The minimum Gasteiger partial charge on any atom is -0.374 e. The normalized spacial score (nSPS) is 15.4. The molecule has 1 aromatic heterocycles. The molecule has 4 nitrogen and oxygen atoms in total. The number of aromatic nitrogens is 1. The van der Waals surface area contributed by atoms with Crippen LogP contribution in [-0.4, -0.2) is 24.5 Å². The first-order valence-corrected chi connectivity index (χ1v) is 3.73. The average molecular weight is 163 g/mol. The molecule has 12 heavy (non-hydrogen) atoms. The highest BCUT2D eigenvalue weighted by atomic mass is 16.2. The lowest BCUT2D eigenvalue weighted by Crippen LogP contribution is -2.36. The zero-order valence-electron chi connectivity index (χ0n) is 6.74. The van der Waals surface area contributed by atoms with Crippen LogP contribution in [0.5, 0.6) is 0 Å². The Hall–Kier alpha value is -1.58. The molecule has 0 spiro atoms. The Morgan fingerprint density at radius 1 is 1.67 bits per heavy atom. The summed E-state index contributed by atoms with van der Waals surface area (Å²) in [6.07, 6.45) is 3.38. The van der Waals surface area contributed by atoms with Gasteiger partial charge in [-0.05, 0) is 6.07 Å². The van der Waals surface area contributed by atoms with Gasteiger partial charge >= 0.3 is 0 Å².